The van der Waals surface area contributed by atoms with Gasteiger partial charge >= 0.3 is 0 Å². The van der Waals surface area contributed by atoms with Gasteiger partial charge < -0.3 is 9.32 Å². The average Bonchev–Trinajstić information content (AvgIpc) is 3.48. The highest BCUT2D eigenvalue weighted by Gasteiger charge is 2.18. The normalized spacial score (nSPS) is 13.9. The number of fused-ring (bicyclic) bond motifs is 1. The SMILES string of the molecule is c1ccc(-c2nc3cccc(-c4ccc(N(c5ccccc5)c5ccc(C6CCCCC6)cc5)cc4)c3o2)cc1. The molecular formula is C37H32N2O. The van der Waals surface area contributed by atoms with Crippen LogP contribution < -0.4 is 4.90 Å². The first-order chi connectivity index (χ1) is 19.8. The maximum Gasteiger partial charge on any atom is 0.227 e. The van der Waals surface area contributed by atoms with E-state index in [4.69, 9.17) is 9.40 Å². The number of oxazole rings is 1. The standard InChI is InChI=1S/C37H32N2O/c1-4-11-27(12-5-1)28-19-23-32(24-20-28)39(31-15-8-3-9-16-31)33-25-21-29(22-26-33)34-17-10-18-35-36(34)40-37(38-35)30-13-6-2-7-14-30/h2-3,6-10,13-27H,1,4-5,11-12H2. The van der Waals surface area contributed by atoms with Gasteiger partial charge in [-0.3, -0.25) is 0 Å². The van der Waals surface area contributed by atoms with Gasteiger partial charge in [-0.1, -0.05) is 92.1 Å². The van der Waals surface area contributed by atoms with E-state index in [1.807, 2.05) is 42.5 Å². The molecule has 0 bridgehead atoms. The van der Waals surface area contributed by atoms with E-state index in [0.717, 1.165) is 39.2 Å². The van der Waals surface area contributed by atoms with Crippen LogP contribution in [0.3, 0.4) is 0 Å². The van der Waals surface area contributed by atoms with Crippen molar-refractivity contribution in [3.8, 4) is 22.6 Å². The molecule has 0 unspecified atom stereocenters. The quantitative estimate of drug-likeness (QED) is 0.219. The van der Waals surface area contributed by atoms with Crippen LogP contribution in [0.2, 0.25) is 0 Å². The Morgan fingerprint density at radius 3 is 1.88 bits per heavy atom. The maximum atomic E-state index is 6.30. The van der Waals surface area contributed by atoms with Gasteiger partial charge in [0.2, 0.25) is 5.89 Å². The zero-order valence-electron chi connectivity index (χ0n) is 22.5. The Balaban J connectivity index is 1.23. The van der Waals surface area contributed by atoms with Crippen LogP contribution in [-0.4, -0.2) is 4.98 Å². The van der Waals surface area contributed by atoms with Crippen molar-refractivity contribution >= 4 is 28.2 Å². The molecule has 5 aromatic carbocycles. The van der Waals surface area contributed by atoms with Gasteiger partial charge in [0.25, 0.3) is 0 Å². The fourth-order valence-corrected chi connectivity index (χ4v) is 6.03. The van der Waals surface area contributed by atoms with Gasteiger partial charge in [0.1, 0.15) is 5.52 Å². The number of nitrogens with zero attached hydrogens (tertiary/aromatic N) is 2. The number of benzene rings is 5. The monoisotopic (exact) mass is 520 g/mol. The molecule has 1 aliphatic rings. The van der Waals surface area contributed by atoms with Gasteiger partial charge in [0.05, 0.1) is 0 Å². The molecule has 196 valence electrons. The smallest absolute Gasteiger partial charge is 0.227 e. The number of hydrogen-bond acceptors (Lipinski definition) is 3. The van der Waals surface area contributed by atoms with Crippen LogP contribution in [0, 0.1) is 0 Å². The van der Waals surface area contributed by atoms with Gasteiger partial charge in [-0.2, -0.15) is 0 Å². The van der Waals surface area contributed by atoms with Gasteiger partial charge in [0, 0.05) is 28.2 Å². The predicted molar refractivity (Wildman–Crippen MR) is 165 cm³/mol. The molecule has 0 saturated heterocycles. The summed E-state index contributed by atoms with van der Waals surface area (Å²) in [5, 5.41) is 0. The molecule has 3 nitrogen and oxygen atoms in total. The summed E-state index contributed by atoms with van der Waals surface area (Å²) in [5.41, 5.74) is 9.71. The molecule has 0 spiro atoms. The van der Waals surface area contributed by atoms with Crippen molar-refractivity contribution in [2.45, 2.75) is 38.0 Å². The van der Waals surface area contributed by atoms with Crippen molar-refractivity contribution in [3.05, 3.63) is 133 Å². The second-order valence-corrected chi connectivity index (χ2v) is 10.7. The lowest BCUT2D eigenvalue weighted by Crippen LogP contribution is -2.10. The third-order valence-electron chi connectivity index (χ3n) is 8.11. The summed E-state index contributed by atoms with van der Waals surface area (Å²) < 4.78 is 6.30. The molecule has 1 fully saturated rings. The highest BCUT2D eigenvalue weighted by atomic mass is 16.3. The zero-order chi connectivity index (χ0) is 26.7. The molecule has 0 aliphatic heterocycles. The summed E-state index contributed by atoms with van der Waals surface area (Å²) in [6.07, 6.45) is 6.71. The maximum absolute atomic E-state index is 6.30. The van der Waals surface area contributed by atoms with Crippen molar-refractivity contribution in [2.24, 2.45) is 0 Å². The second-order valence-electron chi connectivity index (χ2n) is 10.7. The minimum absolute atomic E-state index is 0.645. The van der Waals surface area contributed by atoms with Crippen LogP contribution in [0.15, 0.2) is 132 Å². The highest BCUT2D eigenvalue weighted by molar-refractivity contribution is 5.92. The minimum atomic E-state index is 0.645. The molecule has 40 heavy (non-hydrogen) atoms. The highest BCUT2D eigenvalue weighted by Crippen LogP contribution is 2.39. The average molecular weight is 521 g/mol. The van der Waals surface area contributed by atoms with Crippen LogP contribution in [-0.2, 0) is 0 Å². The van der Waals surface area contributed by atoms with E-state index in [1.54, 1.807) is 0 Å². The second kappa shape index (κ2) is 10.9. The molecule has 3 heteroatoms. The third kappa shape index (κ3) is 4.80. The summed E-state index contributed by atoms with van der Waals surface area (Å²) >= 11 is 0. The fraction of sp³-hybridized carbons (Fsp3) is 0.162. The van der Waals surface area contributed by atoms with Gasteiger partial charge in [-0.05, 0) is 84.5 Å². The van der Waals surface area contributed by atoms with Crippen LogP contribution in [0.4, 0.5) is 17.1 Å². The Bertz CT molecular complexity index is 1700. The van der Waals surface area contributed by atoms with E-state index in [-0.39, 0.29) is 0 Å². The van der Waals surface area contributed by atoms with Crippen molar-refractivity contribution < 1.29 is 4.42 Å². The van der Waals surface area contributed by atoms with Gasteiger partial charge in [-0.15, -0.1) is 0 Å². The molecule has 0 radical (unpaired) electrons. The van der Waals surface area contributed by atoms with E-state index in [1.165, 1.54) is 43.4 Å². The lowest BCUT2D eigenvalue weighted by atomic mass is 9.84. The number of hydrogen-bond donors (Lipinski definition) is 0. The molecule has 1 aliphatic carbocycles. The Morgan fingerprint density at radius 1 is 0.550 bits per heavy atom. The largest absolute Gasteiger partial charge is 0.435 e. The summed E-state index contributed by atoms with van der Waals surface area (Å²) in [6, 6.07) is 44.8. The van der Waals surface area contributed by atoms with Gasteiger partial charge in [-0.25, -0.2) is 4.98 Å². The number of rotatable bonds is 6. The number of aromatic nitrogens is 1. The molecule has 0 amide bonds. The topological polar surface area (TPSA) is 29.3 Å². The van der Waals surface area contributed by atoms with E-state index in [0.29, 0.717) is 11.8 Å². The van der Waals surface area contributed by atoms with Crippen LogP contribution in [0.1, 0.15) is 43.6 Å². The fourth-order valence-electron chi connectivity index (χ4n) is 6.03. The molecule has 1 saturated carbocycles. The number of para-hydroxylation sites is 2. The molecular weight excluding hydrogens is 488 g/mol. The van der Waals surface area contributed by atoms with Crippen molar-refractivity contribution in [2.75, 3.05) is 4.90 Å². The first kappa shape index (κ1) is 24.4. The van der Waals surface area contributed by atoms with E-state index < -0.39 is 0 Å². The molecule has 6 aromatic rings. The van der Waals surface area contributed by atoms with Gasteiger partial charge in [0.15, 0.2) is 5.58 Å². The Morgan fingerprint density at radius 2 is 1.18 bits per heavy atom. The Kier molecular flexibility index (Phi) is 6.63. The summed E-state index contributed by atoms with van der Waals surface area (Å²) in [5.74, 6) is 1.35. The zero-order valence-corrected chi connectivity index (χ0v) is 22.5. The van der Waals surface area contributed by atoms with Crippen LogP contribution in [0.5, 0.6) is 0 Å². The molecule has 1 heterocycles. The number of anilines is 3. The minimum Gasteiger partial charge on any atom is -0.435 e. The van der Waals surface area contributed by atoms with E-state index >= 15 is 0 Å². The van der Waals surface area contributed by atoms with E-state index in [2.05, 4.69) is 89.8 Å². The predicted octanol–water partition coefficient (Wildman–Crippen LogP) is 10.7. The molecule has 0 atom stereocenters. The van der Waals surface area contributed by atoms with E-state index in [9.17, 15) is 0 Å². The molecule has 0 N–H and O–H groups in total. The summed E-state index contributed by atoms with van der Waals surface area (Å²) in [6.45, 7) is 0. The lowest BCUT2D eigenvalue weighted by molar-refractivity contribution is 0.443. The molecule has 1 aromatic heterocycles. The lowest BCUT2D eigenvalue weighted by Gasteiger charge is -2.27. The van der Waals surface area contributed by atoms with Crippen LogP contribution in [0.25, 0.3) is 33.7 Å². The summed E-state index contributed by atoms with van der Waals surface area (Å²) in [7, 11) is 0. The Hall–Kier alpha value is -4.63. The first-order valence-electron chi connectivity index (χ1n) is 14.3. The summed E-state index contributed by atoms with van der Waals surface area (Å²) in [4.78, 5) is 7.09. The first-order valence-corrected chi connectivity index (χ1v) is 14.3. The van der Waals surface area contributed by atoms with Crippen molar-refractivity contribution in [1.82, 2.24) is 4.98 Å². The third-order valence-corrected chi connectivity index (χ3v) is 8.11. The van der Waals surface area contributed by atoms with Crippen LogP contribution >= 0.6 is 0 Å². The van der Waals surface area contributed by atoms with Crippen molar-refractivity contribution in [3.63, 3.8) is 0 Å². The Labute approximate surface area is 235 Å². The molecule has 7 rings (SSSR count). The van der Waals surface area contributed by atoms with Crippen molar-refractivity contribution in [1.29, 1.82) is 0 Å².